The zero-order valence-electron chi connectivity index (χ0n) is 12.5. The Kier molecular flexibility index (Phi) is 3.16. The summed E-state index contributed by atoms with van der Waals surface area (Å²) in [6, 6.07) is 9.62. The highest BCUT2D eigenvalue weighted by Crippen LogP contribution is 2.59. The fourth-order valence-corrected chi connectivity index (χ4v) is 5.47. The van der Waals surface area contributed by atoms with E-state index in [4.69, 9.17) is 0 Å². The first-order valence-electron chi connectivity index (χ1n) is 8.31. The van der Waals surface area contributed by atoms with Gasteiger partial charge in [-0.1, -0.05) is 18.2 Å². The molecule has 112 valence electrons. The smallest absolute Gasteiger partial charge is 0.319 e. The zero-order valence-corrected chi connectivity index (χ0v) is 12.5. The summed E-state index contributed by atoms with van der Waals surface area (Å²) in [5.41, 5.74) is 1.27. The summed E-state index contributed by atoms with van der Waals surface area (Å²) in [5, 5.41) is 6.06. The minimum atomic E-state index is -0.0584. The molecule has 0 heterocycles. The van der Waals surface area contributed by atoms with Gasteiger partial charge in [-0.15, -0.1) is 0 Å². The van der Waals surface area contributed by atoms with Crippen molar-refractivity contribution in [3.63, 3.8) is 0 Å². The Balaban J connectivity index is 1.35. The fourth-order valence-electron chi connectivity index (χ4n) is 5.47. The minimum Gasteiger partial charge on any atom is -0.337 e. The quantitative estimate of drug-likeness (QED) is 0.864. The summed E-state index contributed by atoms with van der Waals surface area (Å²) in [6.45, 7) is 0.856. The zero-order chi connectivity index (χ0) is 14.3. The number of rotatable bonds is 3. The van der Waals surface area contributed by atoms with Crippen LogP contribution in [0.4, 0.5) is 10.5 Å². The van der Waals surface area contributed by atoms with E-state index in [-0.39, 0.29) is 6.03 Å². The highest BCUT2D eigenvalue weighted by molar-refractivity contribution is 5.89. The van der Waals surface area contributed by atoms with Crippen LogP contribution in [-0.4, -0.2) is 12.6 Å². The topological polar surface area (TPSA) is 41.1 Å². The van der Waals surface area contributed by atoms with Crippen LogP contribution in [0.1, 0.15) is 38.5 Å². The number of amides is 2. The number of hydrogen-bond donors (Lipinski definition) is 2. The Morgan fingerprint density at radius 2 is 1.57 bits per heavy atom. The van der Waals surface area contributed by atoms with Crippen LogP contribution in [0.5, 0.6) is 0 Å². The molecule has 4 bridgehead atoms. The number of urea groups is 1. The largest absolute Gasteiger partial charge is 0.337 e. The third-order valence-corrected chi connectivity index (χ3v) is 5.82. The molecule has 4 saturated carbocycles. The third-order valence-electron chi connectivity index (χ3n) is 5.82. The van der Waals surface area contributed by atoms with E-state index >= 15 is 0 Å². The van der Waals surface area contributed by atoms with Crippen molar-refractivity contribution in [1.29, 1.82) is 0 Å². The second-order valence-electron chi connectivity index (χ2n) is 7.59. The van der Waals surface area contributed by atoms with E-state index in [1.165, 1.54) is 38.5 Å². The van der Waals surface area contributed by atoms with E-state index in [2.05, 4.69) is 10.6 Å². The monoisotopic (exact) mass is 284 g/mol. The highest BCUT2D eigenvalue weighted by atomic mass is 16.2. The molecule has 3 heteroatoms. The van der Waals surface area contributed by atoms with Gasteiger partial charge in [0, 0.05) is 12.2 Å². The molecular weight excluding hydrogens is 260 g/mol. The van der Waals surface area contributed by atoms with Gasteiger partial charge in [0.25, 0.3) is 0 Å². The SMILES string of the molecule is O=C(NCC12CC3CC(CC(C3)C1)C2)Nc1ccccc1. The molecule has 0 atom stereocenters. The molecule has 4 aliphatic carbocycles. The molecule has 3 nitrogen and oxygen atoms in total. The van der Waals surface area contributed by atoms with E-state index < -0.39 is 0 Å². The minimum absolute atomic E-state index is 0.0584. The summed E-state index contributed by atoms with van der Waals surface area (Å²) < 4.78 is 0. The van der Waals surface area contributed by atoms with Crippen molar-refractivity contribution in [2.45, 2.75) is 38.5 Å². The molecule has 0 saturated heterocycles. The number of para-hydroxylation sites is 1. The number of nitrogens with one attached hydrogen (secondary N) is 2. The van der Waals surface area contributed by atoms with Crippen molar-refractivity contribution in [3.05, 3.63) is 30.3 Å². The van der Waals surface area contributed by atoms with E-state index in [0.29, 0.717) is 5.41 Å². The molecule has 5 rings (SSSR count). The van der Waals surface area contributed by atoms with Gasteiger partial charge in [-0.3, -0.25) is 0 Å². The van der Waals surface area contributed by atoms with Gasteiger partial charge in [0.2, 0.25) is 0 Å². The van der Waals surface area contributed by atoms with Gasteiger partial charge < -0.3 is 10.6 Å². The number of hydrogen-bond acceptors (Lipinski definition) is 1. The summed E-state index contributed by atoms with van der Waals surface area (Å²) in [7, 11) is 0. The molecule has 0 unspecified atom stereocenters. The van der Waals surface area contributed by atoms with Crippen LogP contribution >= 0.6 is 0 Å². The van der Waals surface area contributed by atoms with Crippen molar-refractivity contribution in [1.82, 2.24) is 5.32 Å². The van der Waals surface area contributed by atoms with Gasteiger partial charge in [0.05, 0.1) is 0 Å². The lowest BCUT2D eigenvalue weighted by Crippen LogP contribution is -2.51. The lowest BCUT2D eigenvalue weighted by molar-refractivity contribution is -0.0496. The van der Waals surface area contributed by atoms with Crippen LogP contribution in [0.25, 0.3) is 0 Å². The molecule has 21 heavy (non-hydrogen) atoms. The Morgan fingerprint density at radius 1 is 1.00 bits per heavy atom. The first kappa shape index (κ1) is 13.2. The average molecular weight is 284 g/mol. The number of carbonyl (C=O) groups excluding carboxylic acids is 1. The van der Waals surface area contributed by atoms with Crippen LogP contribution in [0.15, 0.2) is 30.3 Å². The van der Waals surface area contributed by atoms with Crippen molar-refractivity contribution in [3.8, 4) is 0 Å². The fraction of sp³-hybridized carbons (Fsp3) is 0.611. The molecule has 1 aromatic rings. The summed E-state index contributed by atoms with van der Waals surface area (Å²) in [6.07, 6.45) is 8.38. The molecule has 0 spiro atoms. The molecule has 2 N–H and O–H groups in total. The van der Waals surface area contributed by atoms with Crippen LogP contribution in [0, 0.1) is 23.2 Å². The van der Waals surface area contributed by atoms with Gasteiger partial charge >= 0.3 is 6.03 Å². The van der Waals surface area contributed by atoms with Crippen molar-refractivity contribution in [2.75, 3.05) is 11.9 Å². The van der Waals surface area contributed by atoms with Crippen molar-refractivity contribution < 1.29 is 4.79 Å². The summed E-state index contributed by atoms with van der Waals surface area (Å²) in [4.78, 5) is 12.1. The summed E-state index contributed by atoms with van der Waals surface area (Å²) >= 11 is 0. The molecule has 4 fully saturated rings. The van der Waals surface area contributed by atoms with Crippen LogP contribution in [0.2, 0.25) is 0 Å². The maximum atomic E-state index is 12.1. The predicted octanol–water partition coefficient (Wildman–Crippen LogP) is 4.02. The Labute approximate surface area is 126 Å². The van der Waals surface area contributed by atoms with Crippen LogP contribution in [0.3, 0.4) is 0 Å². The Hall–Kier alpha value is -1.51. The molecule has 2 amide bonds. The molecule has 0 aliphatic heterocycles. The third kappa shape index (κ3) is 2.66. The van der Waals surface area contributed by atoms with E-state index in [9.17, 15) is 4.79 Å². The number of anilines is 1. The molecule has 4 aliphatic rings. The summed E-state index contributed by atoms with van der Waals surface area (Å²) in [5.74, 6) is 2.82. The molecular formula is C18H24N2O. The lowest BCUT2D eigenvalue weighted by Gasteiger charge is -2.56. The van der Waals surface area contributed by atoms with Gasteiger partial charge in [0.15, 0.2) is 0 Å². The lowest BCUT2D eigenvalue weighted by atomic mass is 9.49. The second kappa shape index (κ2) is 5.04. The van der Waals surface area contributed by atoms with E-state index in [1.54, 1.807) is 0 Å². The molecule has 0 radical (unpaired) electrons. The first-order valence-corrected chi connectivity index (χ1v) is 8.31. The second-order valence-corrected chi connectivity index (χ2v) is 7.59. The van der Waals surface area contributed by atoms with Gasteiger partial charge in [-0.05, 0) is 73.8 Å². The molecule has 1 aromatic carbocycles. The standard InChI is InChI=1S/C18H24N2O/c21-17(20-16-4-2-1-3-5-16)19-12-18-9-13-6-14(10-18)8-15(7-13)11-18/h1-5,13-15H,6-12H2,(H2,19,20,21). The van der Waals surface area contributed by atoms with E-state index in [1.807, 2.05) is 30.3 Å². The van der Waals surface area contributed by atoms with E-state index in [0.717, 1.165) is 30.0 Å². The van der Waals surface area contributed by atoms with Gasteiger partial charge in [-0.25, -0.2) is 4.79 Å². The van der Waals surface area contributed by atoms with Crippen LogP contribution < -0.4 is 10.6 Å². The molecule has 0 aromatic heterocycles. The average Bonchev–Trinajstić information content (AvgIpc) is 2.45. The number of benzene rings is 1. The van der Waals surface area contributed by atoms with Crippen molar-refractivity contribution >= 4 is 11.7 Å². The highest BCUT2D eigenvalue weighted by Gasteiger charge is 2.50. The van der Waals surface area contributed by atoms with Crippen LogP contribution in [-0.2, 0) is 0 Å². The predicted molar refractivity (Wildman–Crippen MR) is 84.1 cm³/mol. The van der Waals surface area contributed by atoms with Gasteiger partial charge in [0.1, 0.15) is 0 Å². The van der Waals surface area contributed by atoms with Gasteiger partial charge in [-0.2, -0.15) is 0 Å². The maximum Gasteiger partial charge on any atom is 0.319 e. The number of carbonyl (C=O) groups is 1. The van der Waals surface area contributed by atoms with Crippen molar-refractivity contribution in [2.24, 2.45) is 23.2 Å². The maximum absolute atomic E-state index is 12.1. The first-order chi connectivity index (χ1) is 10.2. The Bertz CT molecular complexity index is 490. The normalized spacial score (nSPS) is 36.5. The Morgan fingerprint density at radius 3 is 2.14 bits per heavy atom.